The van der Waals surface area contributed by atoms with E-state index >= 15 is 0 Å². The van der Waals surface area contributed by atoms with Gasteiger partial charge < -0.3 is 9.90 Å². The van der Waals surface area contributed by atoms with Gasteiger partial charge in [-0.3, -0.25) is 0 Å². The molecule has 1 rings (SSSR count). The van der Waals surface area contributed by atoms with Gasteiger partial charge in [0.1, 0.15) is 6.29 Å². The maximum absolute atomic E-state index is 10.6. The summed E-state index contributed by atoms with van der Waals surface area (Å²) in [5.41, 5.74) is 0.844. The van der Waals surface area contributed by atoms with Crippen molar-refractivity contribution in [3.8, 4) is 0 Å². The quantitative estimate of drug-likeness (QED) is 0.800. The van der Waals surface area contributed by atoms with Gasteiger partial charge in [0.05, 0.1) is 5.56 Å². The van der Waals surface area contributed by atoms with Crippen LogP contribution >= 0.6 is 11.6 Å². The number of hydrogen-bond donors (Lipinski definition) is 1. The number of benzene rings is 1. The topological polar surface area (TPSA) is 54.4 Å². The molecule has 0 saturated carbocycles. The van der Waals surface area contributed by atoms with E-state index in [2.05, 4.69) is 0 Å². The smallest absolute Gasteiger partial charge is 0.335 e. The highest BCUT2D eigenvalue weighted by Crippen LogP contribution is 2.19. The number of carbonyl (C=O) groups is 2. The van der Waals surface area contributed by atoms with Crippen LogP contribution in [-0.4, -0.2) is 17.4 Å². The molecular weight excluding hydrogens is 216 g/mol. The van der Waals surface area contributed by atoms with Crippen LogP contribution < -0.4 is 0 Å². The Hall–Kier alpha value is -1.61. The van der Waals surface area contributed by atoms with Crippen molar-refractivity contribution in [3.63, 3.8) is 0 Å². The van der Waals surface area contributed by atoms with Crippen molar-refractivity contribution in [2.24, 2.45) is 0 Å². The predicted octanol–water partition coefficient (Wildman–Crippen LogP) is 2.64. The van der Waals surface area contributed by atoms with Gasteiger partial charge >= 0.3 is 5.97 Å². The molecule has 0 spiro atoms. The van der Waals surface area contributed by atoms with Crippen LogP contribution in [0.2, 0.25) is 5.02 Å². The van der Waals surface area contributed by atoms with Crippen molar-refractivity contribution in [2.45, 2.75) is 6.42 Å². The Kier molecular flexibility index (Phi) is 4.06. The van der Waals surface area contributed by atoms with Crippen LogP contribution in [0.5, 0.6) is 0 Å². The standard InChI is InChI=1S/C11H9ClO3/c12-10-7-9(11(14)15)5-4-8(10)3-1-2-6-13/h1,3-7H,2H2,(H,14,15). The molecule has 0 amide bonds. The van der Waals surface area contributed by atoms with Gasteiger partial charge in [-0.05, 0) is 17.7 Å². The van der Waals surface area contributed by atoms with Crippen molar-refractivity contribution in [1.82, 2.24) is 0 Å². The van der Waals surface area contributed by atoms with Gasteiger partial charge in [0, 0.05) is 11.4 Å². The van der Waals surface area contributed by atoms with E-state index in [0.717, 1.165) is 6.29 Å². The molecule has 0 aliphatic heterocycles. The third-order valence-electron chi connectivity index (χ3n) is 1.78. The molecular formula is C11H9ClO3. The summed E-state index contributed by atoms with van der Waals surface area (Å²) in [6, 6.07) is 4.45. The zero-order chi connectivity index (χ0) is 11.3. The summed E-state index contributed by atoms with van der Waals surface area (Å²) in [4.78, 5) is 20.7. The van der Waals surface area contributed by atoms with Gasteiger partial charge in [0.25, 0.3) is 0 Å². The monoisotopic (exact) mass is 224 g/mol. The van der Waals surface area contributed by atoms with Gasteiger partial charge in [-0.1, -0.05) is 29.8 Å². The first-order chi connectivity index (χ1) is 7.15. The third kappa shape index (κ3) is 3.22. The molecule has 0 heterocycles. The number of carboxylic acids is 1. The highest BCUT2D eigenvalue weighted by Gasteiger charge is 2.04. The van der Waals surface area contributed by atoms with Crippen molar-refractivity contribution >= 4 is 29.9 Å². The second kappa shape index (κ2) is 5.32. The summed E-state index contributed by atoms with van der Waals surface area (Å²) in [7, 11) is 0. The fraction of sp³-hybridized carbons (Fsp3) is 0.0909. The molecule has 78 valence electrons. The third-order valence-corrected chi connectivity index (χ3v) is 2.10. The van der Waals surface area contributed by atoms with Crippen LogP contribution in [0.25, 0.3) is 6.08 Å². The second-order valence-electron chi connectivity index (χ2n) is 2.85. The lowest BCUT2D eigenvalue weighted by molar-refractivity contribution is -0.107. The number of aldehydes is 1. The van der Waals surface area contributed by atoms with Crippen LogP contribution in [0.15, 0.2) is 24.3 Å². The first-order valence-corrected chi connectivity index (χ1v) is 4.66. The van der Waals surface area contributed by atoms with Crippen molar-refractivity contribution in [2.75, 3.05) is 0 Å². The Bertz CT molecular complexity index is 410. The van der Waals surface area contributed by atoms with E-state index in [1.54, 1.807) is 18.2 Å². The van der Waals surface area contributed by atoms with Crippen LogP contribution in [0.3, 0.4) is 0 Å². The number of rotatable bonds is 4. The Morgan fingerprint density at radius 2 is 2.20 bits per heavy atom. The number of aromatic carboxylic acids is 1. The molecule has 3 nitrogen and oxygen atoms in total. The van der Waals surface area contributed by atoms with E-state index < -0.39 is 5.97 Å². The summed E-state index contributed by atoms with van der Waals surface area (Å²) >= 11 is 5.85. The molecule has 4 heteroatoms. The average Bonchev–Trinajstić information content (AvgIpc) is 2.20. The summed E-state index contributed by atoms with van der Waals surface area (Å²) in [6.45, 7) is 0. The molecule has 1 aromatic rings. The Morgan fingerprint density at radius 3 is 2.73 bits per heavy atom. The number of carboxylic acid groups (broad SMARTS) is 1. The fourth-order valence-electron chi connectivity index (χ4n) is 1.05. The molecule has 0 unspecified atom stereocenters. The zero-order valence-corrected chi connectivity index (χ0v) is 8.57. The summed E-state index contributed by atoms with van der Waals surface area (Å²) in [5.74, 6) is -1.01. The Balaban J connectivity index is 2.93. The lowest BCUT2D eigenvalue weighted by Crippen LogP contribution is -1.95. The van der Waals surface area contributed by atoms with Crippen molar-refractivity contribution in [3.05, 3.63) is 40.4 Å². The zero-order valence-electron chi connectivity index (χ0n) is 7.81. The molecule has 0 radical (unpaired) electrons. The molecule has 0 fully saturated rings. The molecule has 0 saturated heterocycles. The SMILES string of the molecule is O=CCC=Cc1ccc(C(=O)O)cc1Cl. The molecule has 0 atom stereocenters. The minimum Gasteiger partial charge on any atom is -0.478 e. The highest BCUT2D eigenvalue weighted by molar-refractivity contribution is 6.32. The van der Waals surface area contributed by atoms with Crippen molar-refractivity contribution in [1.29, 1.82) is 0 Å². The Labute approximate surface area is 92.0 Å². The molecule has 1 N–H and O–H groups in total. The van der Waals surface area contributed by atoms with Gasteiger partial charge in [0.2, 0.25) is 0 Å². The number of allylic oxidation sites excluding steroid dienone is 1. The lowest BCUT2D eigenvalue weighted by Gasteiger charge is -1.99. The fourth-order valence-corrected chi connectivity index (χ4v) is 1.29. The maximum Gasteiger partial charge on any atom is 0.335 e. The Morgan fingerprint density at radius 1 is 1.47 bits per heavy atom. The van der Waals surface area contributed by atoms with Crippen molar-refractivity contribution < 1.29 is 14.7 Å². The summed E-state index contributed by atoms with van der Waals surface area (Å²) < 4.78 is 0. The highest BCUT2D eigenvalue weighted by atomic mass is 35.5. The van der Waals surface area contributed by atoms with E-state index in [9.17, 15) is 9.59 Å². The molecule has 0 aromatic heterocycles. The second-order valence-corrected chi connectivity index (χ2v) is 3.25. The van der Waals surface area contributed by atoms with Gasteiger partial charge in [-0.25, -0.2) is 4.79 Å². The predicted molar refractivity (Wildman–Crippen MR) is 58.1 cm³/mol. The molecule has 15 heavy (non-hydrogen) atoms. The maximum atomic E-state index is 10.6. The minimum atomic E-state index is -1.01. The van der Waals surface area contributed by atoms with Crippen LogP contribution in [0.4, 0.5) is 0 Å². The van der Waals surface area contributed by atoms with Gasteiger partial charge in [-0.2, -0.15) is 0 Å². The van der Waals surface area contributed by atoms with E-state index in [4.69, 9.17) is 16.7 Å². The first kappa shape index (κ1) is 11.5. The van der Waals surface area contributed by atoms with E-state index in [0.29, 0.717) is 17.0 Å². The van der Waals surface area contributed by atoms with Gasteiger partial charge in [0.15, 0.2) is 0 Å². The van der Waals surface area contributed by atoms with E-state index in [-0.39, 0.29) is 5.56 Å². The number of hydrogen-bond acceptors (Lipinski definition) is 2. The van der Waals surface area contributed by atoms with Gasteiger partial charge in [-0.15, -0.1) is 0 Å². The van der Waals surface area contributed by atoms with E-state index in [1.807, 2.05) is 0 Å². The number of halogens is 1. The summed E-state index contributed by atoms with van der Waals surface area (Å²) in [5, 5.41) is 9.05. The van der Waals surface area contributed by atoms with Crippen LogP contribution in [-0.2, 0) is 4.79 Å². The largest absolute Gasteiger partial charge is 0.478 e. The molecule has 0 aliphatic rings. The van der Waals surface area contributed by atoms with Crippen LogP contribution in [0, 0.1) is 0 Å². The number of carbonyl (C=O) groups excluding carboxylic acids is 1. The first-order valence-electron chi connectivity index (χ1n) is 4.28. The van der Waals surface area contributed by atoms with Crippen LogP contribution in [0.1, 0.15) is 22.3 Å². The lowest BCUT2D eigenvalue weighted by atomic mass is 10.1. The molecule has 0 bridgehead atoms. The molecule has 1 aromatic carbocycles. The average molecular weight is 225 g/mol. The molecule has 0 aliphatic carbocycles. The summed E-state index contributed by atoms with van der Waals surface area (Å²) in [6.07, 6.45) is 4.43. The minimum absolute atomic E-state index is 0.146. The normalized spacial score (nSPS) is 10.5. The van der Waals surface area contributed by atoms with E-state index in [1.165, 1.54) is 12.1 Å².